The summed E-state index contributed by atoms with van der Waals surface area (Å²) in [5.74, 6) is 0.354. The predicted octanol–water partition coefficient (Wildman–Crippen LogP) is 0.764. The third-order valence-corrected chi connectivity index (χ3v) is 3.44. The van der Waals surface area contributed by atoms with Gasteiger partial charge >= 0.3 is 0 Å². The van der Waals surface area contributed by atoms with Gasteiger partial charge < -0.3 is 5.73 Å². The van der Waals surface area contributed by atoms with Gasteiger partial charge in [-0.05, 0) is 24.3 Å². The molecule has 0 unspecified atom stereocenters. The highest BCUT2D eigenvalue weighted by molar-refractivity contribution is 7.99. The van der Waals surface area contributed by atoms with Gasteiger partial charge in [0.2, 0.25) is 11.7 Å². The van der Waals surface area contributed by atoms with Crippen LogP contribution in [0.15, 0.2) is 41.6 Å². The van der Waals surface area contributed by atoms with E-state index in [2.05, 4.69) is 20.3 Å². The fraction of sp³-hybridized carbons (Fsp3) is 0.0833. The van der Waals surface area contributed by atoms with Crippen LogP contribution in [0.5, 0.6) is 0 Å². The second kappa shape index (κ2) is 5.25. The number of thioether (sulfide) groups is 1. The molecule has 0 radical (unpaired) electrons. The Morgan fingerprint density at radius 3 is 2.90 bits per heavy atom. The number of carbonyl (C=O) groups is 1. The van der Waals surface area contributed by atoms with Gasteiger partial charge in [0.05, 0.1) is 5.75 Å². The number of nitrogens with zero attached hydrogens (tertiary/aromatic N) is 5. The van der Waals surface area contributed by atoms with E-state index >= 15 is 0 Å². The molecule has 20 heavy (non-hydrogen) atoms. The lowest BCUT2D eigenvalue weighted by molar-refractivity contribution is -0.115. The summed E-state index contributed by atoms with van der Waals surface area (Å²) in [6, 6.07) is 9.10. The van der Waals surface area contributed by atoms with Crippen molar-refractivity contribution in [1.82, 2.24) is 24.8 Å². The quantitative estimate of drug-likeness (QED) is 0.711. The molecule has 0 aliphatic heterocycles. The van der Waals surface area contributed by atoms with Crippen LogP contribution in [0.25, 0.3) is 17.2 Å². The highest BCUT2D eigenvalue weighted by atomic mass is 32.2. The van der Waals surface area contributed by atoms with Gasteiger partial charge in [-0.1, -0.05) is 17.8 Å². The number of pyridine rings is 1. The molecule has 0 spiro atoms. The summed E-state index contributed by atoms with van der Waals surface area (Å²) in [6.45, 7) is 0. The van der Waals surface area contributed by atoms with Crippen LogP contribution in [0.4, 0.5) is 0 Å². The number of hydrogen-bond donors (Lipinski definition) is 1. The van der Waals surface area contributed by atoms with Crippen LogP contribution in [0.2, 0.25) is 0 Å². The Bertz CT molecular complexity index is 757. The van der Waals surface area contributed by atoms with Gasteiger partial charge in [0, 0.05) is 6.20 Å². The van der Waals surface area contributed by atoms with Crippen molar-refractivity contribution in [2.45, 2.75) is 5.03 Å². The average Bonchev–Trinajstić information content (AvgIpc) is 2.89. The molecule has 0 aliphatic carbocycles. The van der Waals surface area contributed by atoms with Crippen LogP contribution in [0.3, 0.4) is 0 Å². The lowest BCUT2D eigenvalue weighted by Gasteiger charge is -2.01. The van der Waals surface area contributed by atoms with E-state index in [-0.39, 0.29) is 11.7 Å². The van der Waals surface area contributed by atoms with E-state index in [9.17, 15) is 4.79 Å². The maximum Gasteiger partial charge on any atom is 0.227 e. The van der Waals surface area contributed by atoms with Crippen LogP contribution in [-0.4, -0.2) is 36.5 Å². The fourth-order valence-corrected chi connectivity index (χ4v) is 2.24. The minimum absolute atomic E-state index is 0.180. The summed E-state index contributed by atoms with van der Waals surface area (Å²) in [5, 5.41) is 13.2. The molecule has 8 heteroatoms. The number of carbonyl (C=O) groups excluding carboxylic acids is 1. The van der Waals surface area contributed by atoms with Crippen molar-refractivity contribution in [3.05, 3.63) is 36.5 Å². The van der Waals surface area contributed by atoms with Gasteiger partial charge in [-0.2, -0.15) is 9.61 Å². The molecule has 3 aromatic heterocycles. The van der Waals surface area contributed by atoms with Crippen molar-refractivity contribution in [2.75, 3.05) is 5.75 Å². The third-order valence-electron chi connectivity index (χ3n) is 2.49. The minimum Gasteiger partial charge on any atom is -0.369 e. The number of aromatic nitrogens is 5. The van der Waals surface area contributed by atoms with Crippen molar-refractivity contribution in [1.29, 1.82) is 0 Å². The summed E-state index contributed by atoms with van der Waals surface area (Å²) in [4.78, 5) is 15.0. The fourth-order valence-electron chi connectivity index (χ4n) is 1.65. The number of hydrogen-bond acceptors (Lipinski definition) is 6. The summed E-state index contributed by atoms with van der Waals surface area (Å²) in [7, 11) is 0. The highest BCUT2D eigenvalue weighted by Crippen LogP contribution is 2.18. The monoisotopic (exact) mass is 286 g/mol. The van der Waals surface area contributed by atoms with Gasteiger partial charge in [0.1, 0.15) is 10.7 Å². The van der Waals surface area contributed by atoms with E-state index in [1.165, 1.54) is 11.8 Å². The SMILES string of the molecule is NC(=O)CSc1ccc2nnc(-c3ccccn3)n2n1. The molecule has 3 aromatic rings. The molecule has 0 saturated heterocycles. The third kappa shape index (κ3) is 2.45. The summed E-state index contributed by atoms with van der Waals surface area (Å²) in [6.07, 6.45) is 1.68. The van der Waals surface area contributed by atoms with Gasteiger partial charge in [0.15, 0.2) is 5.65 Å². The first-order chi connectivity index (χ1) is 9.74. The number of primary amides is 1. The Balaban J connectivity index is 2.02. The minimum atomic E-state index is -0.384. The molecule has 0 saturated carbocycles. The molecule has 0 fully saturated rings. The zero-order valence-corrected chi connectivity index (χ0v) is 11.1. The number of amides is 1. The zero-order chi connectivity index (χ0) is 13.9. The molecule has 0 aromatic carbocycles. The maximum absolute atomic E-state index is 10.8. The molecule has 7 nitrogen and oxygen atoms in total. The molecule has 0 bridgehead atoms. The topological polar surface area (TPSA) is 99.1 Å². The number of nitrogens with two attached hydrogens (primary N) is 1. The van der Waals surface area contributed by atoms with E-state index in [4.69, 9.17) is 5.73 Å². The lowest BCUT2D eigenvalue weighted by atomic mass is 10.3. The van der Waals surface area contributed by atoms with E-state index in [0.717, 1.165) is 0 Å². The summed E-state index contributed by atoms with van der Waals surface area (Å²) in [5.41, 5.74) is 6.43. The Morgan fingerprint density at radius 1 is 1.25 bits per heavy atom. The van der Waals surface area contributed by atoms with Crippen LogP contribution >= 0.6 is 11.8 Å². The lowest BCUT2D eigenvalue weighted by Crippen LogP contribution is -2.13. The Morgan fingerprint density at radius 2 is 2.15 bits per heavy atom. The number of fused-ring (bicyclic) bond motifs is 1. The van der Waals surface area contributed by atoms with Gasteiger partial charge in [-0.15, -0.1) is 10.2 Å². The normalized spacial score (nSPS) is 10.8. The van der Waals surface area contributed by atoms with Crippen molar-refractivity contribution in [3.63, 3.8) is 0 Å². The molecule has 0 atom stereocenters. The zero-order valence-electron chi connectivity index (χ0n) is 10.3. The second-order valence-corrected chi connectivity index (χ2v) is 4.93. The first-order valence-electron chi connectivity index (χ1n) is 5.79. The van der Waals surface area contributed by atoms with E-state index in [0.29, 0.717) is 22.2 Å². The molecular formula is C12H10N6OS. The van der Waals surface area contributed by atoms with Crippen molar-refractivity contribution >= 4 is 23.3 Å². The van der Waals surface area contributed by atoms with Crippen molar-refractivity contribution in [2.24, 2.45) is 5.73 Å². The predicted molar refractivity (Wildman–Crippen MR) is 73.9 cm³/mol. The molecule has 1 amide bonds. The maximum atomic E-state index is 10.8. The van der Waals surface area contributed by atoms with Crippen molar-refractivity contribution in [3.8, 4) is 11.5 Å². The van der Waals surface area contributed by atoms with Crippen LogP contribution < -0.4 is 5.73 Å². The van der Waals surface area contributed by atoms with E-state index < -0.39 is 0 Å². The standard InChI is InChI=1S/C12H10N6OS/c13-9(19)7-20-11-5-4-10-15-16-12(18(10)17-11)8-3-1-2-6-14-8/h1-6H,7H2,(H2,13,19). The summed E-state index contributed by atoms with van der Waals surface area (Å²) >= 11 is 1.27. The molecule has 2 N–H and O–H groups in total. The molecule has 3 rings (SSSR count). The van der Waals surface area contributed by atoms with E-state index in [1.807, 2.05) is 18.2 Å². The Hall–Kier alpha value is -2.48. The van der Waals surface area contributed by atoms with Crippen LogP contribution in [-0.2, 0) is 4.79 Å². The highest BCUT2D eigenvalue weighted by Gasteiger charge is 2.11. The van der Waals surface area contributed by atoms with Gasteiger partial charge in [0.25, 0.3) is 0 Å². The first-order valence-corrected chi connectivity index (χ1v) is 6.77. The summed E-state index contributed by atoms with van der Waals surface area (Å²) < 4.78 is 1.60. The average molecular weight is 286 g/mol. The molecule has 0 aliphatic rings. The molecule has 3 heterocycles. The second-order valence-electron chi connectivity index (χ2n) is 3.94. The number of rotatable bonds is 4. The molecular weight excluding hydrogens is 276 g/mol. The Labute approximate surface area is 118 Å². The van der Waals surface area contributed by atoms with Gasteiger partial charge in [-0.3, -0.25) is 9.78 Å². The Kier molecular flexibility index (Phi) is 3.30. The van der Waals surface area contributed by atoms with Crippen LogP contribution in [0.1, 0.15) is 0 Å². The van der Waals surface area contributed by atoms with E-state index in [1.54, 1.807) is 22.8 Å². The molecule has 100 valence electrons. The smallest absolute Gasteiger partial charge is 0.227 e. The first kappa shape index (κ1) is 12.5. The van der Waals surface area contributed by atoms with Crippen molar-refractivity contribution < 1.29 is 4.79 Å². The largest absolute Gasteiger partial charge is 0.369 e. The van der Waals surface area contributed by atoms with Crippen LogP contribution in [0, 0.1) is 0 Å². The van der Waals surface area contributed by atoms with Gasteiger partial charge in [-0.25, -0.2) is 0 Å².